The smallest absolute Gasteiger partial charge is 0.308 e. The zero-order chi connectivity index (χ0) is 16.1. The molecule has 6 nitrogen and oxygen atoms in total. The van der Waals surface area contributed by atoms with Gasteiger partial charge in [0, 0.05) is 30.1 Å². The summed E-state index contributed by atoms with van der Waals surface area (Å²) in [5, 5.41) is 13.0. The van der Waals surface area contributed by atoms with Gasteiger partial charge >= 0.3 is 5.97 Å². The van der Waals surface area contributed by atoms with Crippen LogP contribution in [-0.4, -0.2) is 52.7 Å². The monoisotopic (exact) mass is 326 g/mol. The third-order valence-corrected chi connectivity index (χ3v) is 4.87. The van der Waals surface area contributed by atoms with E-state index in [2.05, 4.69) is 4.98 Å². The minimum absolute atomic E-state index is 0.248. The minimum atomic E-state index is -1.31. The van der Waals surface area contributed by atoms with Crippen LogP contribution in [0.3, 0.4) is 0 Å². The molecule has 0 aromatic carbocycles. The standard InChI is InChI=1S/C15H22N2O4S/c1-3-21-13(19)8-12(18)15(20)17-6-4-11(5-7-17)14-16-10(2)9-22-14/h9,11-12,18H,3-8H2,1-2H3/t12-/m0/s1. The number of aliphatic hydroxyl groups is 1. The summed E-state index contributed by atoms with van der Waals surface area (Å²) in [5.74, 6) is -0.553. The van der Waals surface area contributed by atoms with Crippen LogP contribution in [0.1, 0.15) is 42.8 Å². The highest BCUT2D eigenvalue weighted by Crippen LogP contribution is 2.30. The highest BCUT2D eigenvalue weighted by molar-refractivity contribution is 7.09. The second-order valence-corrected chi connectivity index (χ2v) is 6.34. The van der Waals surface area contributed by atoms with Gasteiger partial charge in [-0.15, -0.1) is 11.3 Å². The molecule has 0 spiro atoms. The molecule has 1 aromatic rings. The van der Waals surface area contributed by atoms with Crippen LogP contribution in [-0.2, 0) is 14.3 Å². The number of ether oxygens (including phenoxy) is 1. The summed E-state index contributed by atoms with van der Waals surface area (Å²) in [6, 6.07) is 0. The highest BCUT2D eigenvalue weighted by atomic mass is 32.1. The number of hydrogen-bond donors (Lipinski definition) is 1. The summed E-state index contributed by atoms with van der Waals surface area (Å²) < 4.78 is 4.75. The van der Waals surface area contributed by atoms with Gasteiger partial charge in [0.1, 0.15) is 6.10 Å². The van der Waals surface area contributed by atoms with Gasteiger partial charge in [-0.25, -0.2) is 4.98 Å². The van der Waals surface area contributed by atoms with E-state index >= 15 is 0 Å². The molecule has 0 unspecified atom stereocenters. The van der Waals surface area contributed by atoms with Gasteiger partial charge in [0.2, 0.25) is 0 Å². The first-order valence-corrected chi connectivity index (χ1v) is 8.43. The molecule has 0 saturated carbocycles. The Bertz CT molecular complexity index is 523. The maximum Gasteiger partial charge on any atom is 0.308 e. The molecule has 2 rings (SSSR count). The number of aromatic nitrogens is 1. The van der Waals surface area contributed by atoms with Crippen molar-refractivity contribution in [2.75, 3.05) is 19.7 Å². The lowest BCUT2D eigenvalue weighted by Gasteiger charge is -2.32. The van der Waals surface area contributed by atoms with Crippen molar-refractivity contribution in [3.63, 3.8) is 0 Å². The minimum Gasteiger partial charge on any atom is -0.466 e. The molecule has 1 aliphatic rings. The summed E-state index contributed by atoms with van der Waals surface area (Å²) in [6.45, 7) is 5.09. The van der Waals surface area contributed by atoms with E-state index in [0.29, 0.717) is 19.0 Å². The number of nitrogens with zero attached hydrogens (tertiary/aromatic N) is 2. The number of thiazole rings is 1. The quantitative estimate of drug-likeness (QED) is 0.829. The zero-order valence-corrected chi connectivity index (χ0v) is 13.8. The van der Waals surface area contributed by atoms with Crippen LogP contribution in [0.5, 0.6) is 0 Å². The fourth-order valence-electron chi connectivity index (χ4n) is 2.58. The number of esters is 1. The predicted octanol–water partition coefficient (Wildman–Crippen LogP) is 1.47. The predicted molar refractivity (Wildman–Crippen MR) is 82.7 cm³/mol. The van der Waals surface area contributed by atoms with Crippen molar-refractivity contribution in [1.29, 1.82) is 0 Å². The number of hydrogen-bond acceptors (Lipinski definition) is 6. The van der Waals surface area contributed by atoms with Crippen LogP contribution in [0.2, 0.25) is 0 Å². The molecule has 1 aromatic heterocycles. The summed E-state index contributed by atoms with van der Waals surface area (Å²) in [5.41, 5.74) is 1.03. The van der Waals surface area contributed by atoms with E-state index in [4.69, 9.17) is 4.74 Å². The zero-order valence-electron chi connectivity index (χ0n) is 12.9. The van der Waals surface area contributed by atoms with E-state index in [1.807, 2.05) is 12.3 Å². The van der Waals surface area contributed by atoms with Crippen molar-refractivity contribution in [3.8, 4) is 0 Å². The van der Waals surface area contributed by atoms with Gasteiger partial charge in [-0.2, -0.15) is 0 Å². The van der Waals surface area contributed by atoms with Gasteiger partial charge in [0.05, 0.1) is 18.0 Å². The van der Waals surface area contributed by atoms with Crippen molar-refractivity contribution in [2.45, 2.75) is 45.1 Å². The van der Waals surface area contributed by atoms with Gasteiger partial charge < -0.3 is 14.7 Å². The van der Waals surface area contributed by atoms with E-state index in [0.717, 1.165) is 23.5 Å². The Morgan fingerprint density at radius 2 is 2.18 bits per heavy atom. The lowest BCUT2D eigenvalue weighted by molar-refractivity contribution is -0.152. The summed E-state index contributed by atoms with van der Waals surface area (Å²) in [4.78, 5) is 29.6. The summed E-state index contributed by atoms with van der Waals surface area (Å²) in [6.07, 6.45) is 0.0891. The Hall–Kier alpha value is -1.47. The number of aliphatic hydroxyl groups excluding tert-OH is 1. The number of rotatable bonds is 5. The fourth-order valence-corrected chi connectivity index (χ4v) is 3.55. The molecule has 1 aliphatic heterocycles. The number of amides is 1. The first kappa shape index (κ1) is 16.9. The average molecular weight is 326 g/mol. The molecule has 0 bridgehead atoms. The Morgan fingerprint density at radius 3 is 2.73 bits per heavy atom. The Kier molecular flexibility index (Phi) is 5.90. The van der Waals surface area contributed by atoms with Crippen LogP contribution in [0.25, 0.3) is 0 Å². The van der Waals surface area contributed by atoms with Gasteiger partial charge in [-0.05, 0) is 26.7 Å². The van der Waals surface area contributed by atoms with E-state index in [1.165, 1.54) is 0 Å². The van der Waals surface area contributed by atoms with E-state index in [-0.39, 0.29) is 18.9 Å². The molecule has 1 N–H and O–H groups in total. The van der Waals surface area contributed by atoms with Crippen LogP contribution in [0.4, 0.5) is 0 Å². The summed E-state index contributed by atoms with van der Waals surface area (Å²) >= 11 is 1.66. The molecular formula is C15H22N2O4S. The molecular weight excluding hydrogens is 304 g/mol. The first-order chi connectivity index (χ1) is 10.5. The number of piperidine rings is 1. The SMILES string of the molecule is CCOC(=O)C[C@H](O)C(=O)N1CCC(c2nc(C)cs2)CC1. The molecule has 1 amide bonds. The second kappa shape index (κ2) is 7.69. The van der Waals surface area contributed by atoms with Crippen LogP contribution >= 0.6 is 11.3 Å². The van der Waals surface area contributed by atoms with Crippen molar-refractivity contribution in [3.05, 3.63) is 16.1 Å². The third-order valence-electron chi connectivity index (χ3n) is 3.74. The van der Waals surface area contributed by atoms with Crippen molar-refractivity contribution >= 4 is 23.2 Å². The van der Waals surface area contributed by atoms with Gasteiger partial charge in [0.25, 0.3) is 5.91 Å². The summed E-state index contributed by atoms with van der Waals surface area (Å²) in [7, 11) is 0. The molecule has 0 radical (unpaired) electrons. The number of carbonyl (C=O) groups excluding carboxylic acids is 2. The highest BCUT2D eigenvalue weighted by Gasteiger charge is 2.30. The van der Waals surface area contributed by atoms with Crippen molar-refractivity contribution in [1.82, 2.24) is 9.88 Å². The Morgan fingerprint density at radius 1 is 1.50 bits per heavy atom. The maximum atomic E-state index is 12.1. The van der Waals surface area contributed by atoms with Gasteiger partial charge in [-0.1, -0.05) is 0 Å². The Labute approximate surface area is 134 Å². The first-order valence-electron chi connectivity index (χ1n) is 7.55. The molecule has 1 atom stereocenters. The van der Waals surface area contributed by atoms with Gasteiger partial charge in [0.15, 0.2) is 0 Å². The fraction of sp³-hybridized carbons (Fsp3) is 0.667. The molecule has 1 fully saturated rings. The van der Waals surface area contributed by atoms with Crippen LogP contribution in [0.15, 0.2) is 5.38 Å². The Balaban J connectivity index is 1.83. The van der Waals surface area contributed by atoms with E-state index < -0.39 is 12.1 Å². The van der Waals surface area contributed by atoms with Crippen LogP contribution in [0, 0.1) is 6.92 Å². The molecule has 22 heavy (non-hydrogen) atoms. The number of carbonyl (C=O) groups is 2. The number of likely N-dealkylation sites (tertiary alicyclic amines) is 1. The van der Waals surface area contributed by atoms with Crippen LogP contribution < -0.4 is 0 Å². The lowest BCUT2D eigenvalue weighted by atomic mass is 9.97. The molecule has 122 valence electrons. The molecule has 1 saturated heterocycles. The molecule has 2 heterocycles. The topological polar surface area (TPSA) is 79.7 Å². The van der Waals surface area contributed by atoms with E-state index in [9.17, 15) is 14.7 Å². The lowest BCUT2D eigenvalue weighted by Crippen LogP contribution is -2.44. The van der Waals surface area contributed by atoms with Crippen molar-refractivity contribution < 1.29 is 19.4 Å². The molecule has 7 heteroatoms. The largest absolute Gasteiger partial charge is 0.466 e. The molecule has 0 aliphatic carbocycles. The third kappa shape index (κ3) is 4.27. The average Bonchev–Trinajstić information content (AvgIpc) is 2.93. The van der Waals surface area contributed by atoms with Crippen molar-refractivity contribution in [2.24, 2.45) is 0 Å². The maximum absolute atomic E-state index is 12.1. The normalized spacial score (nSPS) is 17.3. The second-order valence-electron chi connectivity index (χ2n) is 5.45. The number of aryl methyl sites for hydroxylation is 1. The van der Waals surface area contributed by atoms with E-state index in [1.54, 1.807) is 23.2 Å². The van der Waals surface area contributed by atoms with Gasteiger partial charge in [-0.3, -0.25) is 9.59 Å².